The molecule has 22 heavy (non-hydrogen) atoms. The van der Waals surface area contributed by atoms with Gasteiger partial charge in [-0.2, -0.15) is 5.10 Å². The van der Waals surface area contributed by atoms with Crippen molar-refractivity contribution in [3.05, 3.63) is 65.6 Å². The van der Waals surface area contributed by atoms with E-state index in [9.17, 15) is 14.4 Å². The Labute approximate surface area is 125 Å². The van der Waals surface area contributed by atoms with Crippen LogP contribution >= 0.6 is 0 Å². The van der Waals surface area contributed by atoms with Crippen LogP contribution in [0.25, 0.3) is 10.9 Å². The standard InChI is InChI=1S/C16H14FN3O2/c17-14-5-1-11(2-6-14)7-8-20(22)16(21)12-3-4-13-10-18-19-15(13)9-12/h1-6,9-10,22H,7-8H2,(H,18,19). The topological polar surface area (TPSA) is 69.2 Å². The van der Waals surface area contributed by atoms with Crippen molar-refractivity contribution >= 4 is 16.8 Å². The van der Waals surface area contributed by atoms with Gasteiger partial charge in [0.15, 0.2) is 0 Å². The number of aromatic nitrogens is 2. The lowest BCUT2D eigenvalue weighted by molar-refractivity contribution is -0.0571. The van der Waals surface area contributed by atoms with E-state index in [1.165, 1.54) is 12.1 Å². The van der Waals surface area contributed by atoms with Crippen molar-refractivity contribution < 1.29 is 14.4 Å². The van der Waals surface area contributed by atoms with E-state index in [0.29, 0.717) is 17.0 Å². The number of carbonyl (C=O) groups is 1. The molecular formula is C16H14FN3O2. The molecule has 0 fully saturated rings. The molecule has 1 heterocycles. The van der Waals surface area contributed by atoms with E-state index < -0.39 is 5.91 Å². The zero-order chi connectivity index (χ0) is 15.5. The van der Waals surface area contributed by atoms with Gasteiger partial charge in [0.1, 0.15) is 5.82 Å². The number of hydroxylamine groups is 2. The van der Waals surface area contributed by atoms with E-state index >= 15 is 0 Å². The molecule has 5 nitrogen and oxygen atoms in total. The van der Waals surface area contributed by atoms with E-state index in [0.717, 1.165) is 16.5 Å². The maximum atomic E-state index is 12.8. The number of rotatable bonds is 4. The molecule has 6 heteroatoms. The molecule has 0 aliphatic heterocycles. The molecule has 112 valence electrons. The largest absolute Gasteiger partial charge is 0.286 e. The number of carbonyl (C=O) groups excluding carboxylic acids is 1. The third kappa shape index (κ3) is 2.96. The number of H-pyrrole nitrogens is 1. The number of nitrogens with zero attached hydrogens (tertiary/aromatic N) is 2. The zero-order valence-electron chi connectivity index (χ0n) is 11.7. The van der Waals surface area contributed by atoms with Crippen molar-refractivity contribution in [3.63, 3.8) is 0 Å². The molecule has 0 aliphatic rings. The smallest absolute Gasteiger partial charge is 0.277 e. The molecule has 0 unspecified atom stereocenters. The van der Waals surface area contributed by atoms with Crippen molar-refractivity contribution in [2.45, 2.75) is 6.42 Å². The summed E-state index contributed by atoms with van der Waals surface area (Å²) in [6.45, 7) is 0.130. The minimum Gasteiger partial charge on any atom is -0.286 e. The molecule has 0 aliphatic carbocycles. The van der Waals surface area contributed by atoms with Crippen molar-refractivity contribution in [2.75, 3.05) is 6.54 Å². The molecule has 2 N–H and O–H groups in total. The van der Waals surface area contributed by atoms with Gasteiger partial charge in [0.05, 0.1) is 18.3 Å². The molecule has 3 aromatic rings. The Balaban J connectivity index is 1.67. The number of hydrogen-bond acceptors (Lipinski definition) is 3. The lowest BCUT2D eigenvalue weighted by atomic mass is 10.1. The van der Waals surface area contributed by atoms with Crippen LogP contribution in [-0.2, 0) is 6.42 Å². The molecule has 2 aromatic carbocycles. The molecule has 1 aromatic heterocycles. The third-order valence-electron chi connectivity index (χ3n) is 3.45. The van der Waals surface area contributed by atoms with E-state index in [-0.39, 0.29) is 12.4 Å². The van der Waals surface area contributed by atoms with Gasteiger partial charge in [-0.15, -0.1) is 0 Å². The van der Waals surface area contributed by atoms with Crippen molar-refractivity contribution in [1.29, 1.82) is 0 Å². The SMILES string of the molecule is O=C(c1ccc2cn[nH]c2c1)N(O)CCc1ccc(F)cc1. The minimum absolute atomic E-state index is 0.130. The first kappa shape index (κ1) is 14.2. The summed E-state index contributed by atoms with van der Waals surface area (Å²) in [6, 6.07) is 11.0. The number of benzene rings is 2. The van der Waals surface area contributed by atoms with Crippen molar-refractivity contribution in [3.8, 4) is 0 Å². The van der Waals surface area contributed by atoms with E-state index in [1.54, 1.807) is 36.5 Å². The predicted octanol–water partition coefficient (Wildman–Crippen LogP) is 2.78. The fourth-order valence-electron chi connectivity index (χ4n) is 2.21. The Morgan fingerprint density at radius 3 is 2.77 bits per heavy atom. The number of halogens is 1. The number of nitrogens with one attached hydrogen (secondary N) is 1. The Morgan fingerprint density at radius 1 is 1.23 bits per heavy atom. The Kier molecular flexibility index (Phi) is 3.84. The highest BCUT2D eigenvalue weighted by Crippen LogP contribution is 2.14. The predicted molar refractivity (Wildman–Crippen MR) is 79.0 cm³/mol. The van der Waals surface area contributed by atoms with E-state index in [1.807, 2.05) is 0 Å². The van der Waals surface area contributed by atoms with E-state index in [2.05, 4.69) is 10.2 Å². The van der Waals surface area contributed by atoms with Gasteiger partial charge in [0.2, 0.25) is 0 Å². The zero-order valence-corrected chi connectivity index (χ0v) is 11.7. The summed E-state index contributed by atoms with van der Waals surface area (Å²) in [5, 5.41) is 18.1. The second-order valence-electron chi connectivity index (χ2n) is 4.98. The molecule has 0 spiro atoms. The normalized spacial score (nSPS) is 10.8. The Hall–Kier alpha value is -2.73. The minimum atomic E-state index is -0.487. The van der Waals surface area contributed by atoms with Gasteiger partial charge < -0.3 is 0 Å². The summed E-state index contributed by atoms with van der Waals surface area (Å²) in [4.78, 5) is 12.2. The van der Waals surface area contributed by atoms with Crippen LogP contribution < -0.4 is 0 Å². The highest BCUT2D eigenvalue weighted by atomic mass is 19.1. The first-order chi connectivity index (χ1) is 10.6. The van der Waals surface area contributed by atoms with Gasteiger partial charge in [0.25, 0.3) is 5.91 Å². The summed E-state index contributed by atoms with van der Waals surface area (Å²) in [7, 11) is 0. The second kappa shape index (κ2) is 5.95. The summed E-state index contributed by atoms with van der Waals surface area (Å²) >= 11 is 0. The Bertz CT molecular complexity index is 799. The van der Waals surface area contributed by atoms with Crippen LogP contribution in [0.4, 0.5) is 4.39 Å². The molecule has 0 saturated heterocycles. The molecule has 0 radical (unpaired) electrons. The van der Waals surface area contributed by atoms with Crippen LogP contribution in [0, 0.1) is 5.82 Å². The van der Waals surface area contributed by atoms with Crippen LogP contribution in [0.5, 0.6) is 0 Å². The average molecular weight is 299 g/mol. The van der Waals surface area contributed by atoms with Crippen LogP contribution in [-0.4, -0.2) is 32.9 Å². The van der Waals surface area contributed by atoms with Crippen LogP contribution in [0.1, 0.15) is 15.9 Å². The number of aromatic amines is 1. The second-order valence-corrected chi connectivity index (χ2v) is 4.98. The lowest BCUT2D eigenvalue weighted by Crippen LogP contribution is -2.29. The highest BCUT2D eigenvalue weighted by Gasteiger charge is 2.14. The first-order valence-corrected chi connectivity index (χ1v) is 6.82. The Morgan fingerprint density at radius 2 is 2.00 bits per heavy atom. The van der Waals surface area contributed by atoms with Gasteiger partial charge in [-0.05, 0) is 36.2 Å². The van der Waals surface area contributed by atoms with Gasteiger partial charge in [-0.1, -0.05) is 18.2 Å². The third-order valence-corrected chi connectivity index (χ3v) is 3.45. The molecule has 1 amide bonds. The van der Waals surface area contributed by atoms with Crippen molar-refractivity contribution in [2.24, 2.45) is 0 Å². The van der Waals surface area contributed by atoms with Gasteiger partial charge in [-0.25, -0.2) is 9.45 Å². The molecule has 3 rings (SSSR count). The number of amides is 1. The monoisotopic (exact) mass is 299 g/mol. The maximum absolute atomic E-state index is 12.8. The quantitative estimate of drug-likeness (QED) is 0.575. The van der Waals surface area contributed by atoms with Crippen LogP contribution in [0.3, 0.4) is 0 Å². The summed E-state index contributed by atoms with van der Waals surface area (Å²) in [5.41, 5.74) is 1.95. The fraction of sp³-hybridized carbons (Fsp3) is 0.125. The lowest BCUT2D eigenvalue weighted by Gasteiger charge is -2.15. The highest BCUT2D eigenvalue weighted by molar-refractivity contribution is 5.97. The fourth-order valence-corrected chi connectivity index (χ4v) is 2.21. The number of hydrogen-bond donors (Lipinski definition) is 2. The average Bonchev–Trinajstić information content (AvgIpc) is 3.00. The summed E-state index contributed by atoms with van der Waals surface area (Å²) in [6.07, 6.45) is 2.10. The molecule has 0 saturated carbocycles. The van der Waals surface area contributed by atoms with E-state index in [4.69, 9.17) is 0 Å². The summed E-state index contributed by atoms with van der Waals surface area (Å²) in [5.74, 6) is -0.799. The van der Waals surface area contributed by atoms with Crippen LogP contribution in [0.2, 0.25) is 0 Å². The molecular weight excluding hydrogens is 285 g/mol. The van der Waals surface area contributed by atoms with Crippen molar-refractivity contribution in [1.82, 2.24) is 15.3 Å². The summed E-state index contributed by atoms with van der Waals surface area (Å²) < 4.78 is 12.8. The molecule has 0 bridgehead atoms. The van der Waals surface area contributed by atoms with Gasteiger partial charge in [0, 0.05) is 10.9 Å². The molecule has 0 atom stereocenters. The first-order valence-electron chi connectivity index (χ1n) is 6.82. The maximum Gasteiger partial charge on any atom is 0.277 e. The van der Waals surface area contributed by atoms with Gasteiger partial charge in [-0.3, -0.25) is 15.1 Å². The van der Waals surface area contributed by atoms with Gasteiger partial charge >= 0.3 is 0 Å². The van der Waals surface area contributed by atoms with Crippen LogP contribution in [0.15, 0.2) is 48.7 Å². The number of fused-ring (bicyclic) bond motifs is 1.